The van der Waals surface area contributed by atoms with Crippen molar-refractivity contribution in [1.82, 2.24) is 5.32 Å². The molecule has 15 heavy (non-hydrogen) atoms. The summed E-state index contributed by atoms with van der Waals surface area (Å²) in [6.45, 7) is 3.18. The highest BCUT2D eigenvalue weighted by molar-refractivity contribution is 7.12. The Labute approximate surface area is 92.0 Å². The second kappa shape index (κ2) is 2.19. The van der Waals surface area contributed by atoms with E-state index in [2.05, 4.69) is 17.6 Å². The van der Waals surface area contributed by atoms with Gasteiger partial charge in [0.2, 0.25) is 0 Å². The van der Waals surface area contributed by atoms with Gasteiger partial charge >= 0.3 is 0 Å². The summed E-state index contributed by atoms with van der Waals surface area (Å²) in [7, 11) is 0. The van der Waals surface area contributed by atoms with Gasteiger partial charge in [0.15, 0.2) is 5.78 Å². The van der Waals surface area contributed by atoms with Gasteiger partial charge in [0.1, 0.15) is 0 Å². The Kier molecular flexibility index (Phi) is 1.18. The van der Waals surface area contributed by atoms with Gasteiger partial charge in [-0.15, -0.1) is 11.3 Å². The normalized spacial score (nSPS) is 35.1. The van der Waals surface area contributed by atoms with Gasteiger partial charge in [-0.05, 0) is 35.8 Å². The van der Waals surface area contributed by atoms with E-state index in [9.17, 15) is 4.79 Å². The van der Waals surface area contributed by atoms with Crippen molar-refractivity contribution >= 4 is 17.1 Å². The molecular formula is C12H11NOS. The van der Waals surface area contributed by atoms with E-state index < -0.39 is 0 Å². The van der Waals surface area contributed by atoms with E-state index in [1.54, 1.807) is 11.3 Å². The van der Waals surface area contributed by atoms with Crippen molar-refractivity contribution in [3.63, 3.8) is 0 Å². The molecule has 2 unspecified atom stereocenters. The number of ketones is 1. The number of aryl methyl sites for hydroxylation is 1. The predicted molar refractivity (Wildman–Crippen MR) is 59.3 cm³/mol. The van der Waals surface area contributed by atoms with E-state index in [1.807, 2.05) is 6.08 Å². The number of fused-ring (bicyclic) bond motifs is 1. The Morgan fingerprint density at radius 3 is 3.27 bits per heavy atom. The average molecular weight is 217 g/mol. The maximum Gasteiger partial charge on any atom is 0.197 e. The van der Waals surface area contributed by atoms with Gasteiger partial charge < -0.3 is 5.32 Å². The highest BCUT2D eigenvalue weighted by Crippen LogP contribution is 2.64. The molecule has 0 amide bonds. The van der Waals surface area contributed by atoms with Crippen LogP contribution in [0.4, 0.5) is 0 Å². The van der Waals surface area contributed by atoms with Crippen molar-refractivity contribution in [2.24, 2.45) is 5.92 Å². The van der Waals surface area contributed by atoms with E-state index >= 15 is 0 Å². The van der Waals surface area contributed by atoms with Gasteiger partial charge in [0, 0.05) is 23.7 Å². The minimum atomic E-state index is 0.198. The first kappa shape index (κ1) is 8.11. The summed E-state index contributed by atoms with van der Waals surface area (Å²) >= 11 is 1.61. The molecule has 1 aliphatic heterocycles. The summed E-state index contributed by atoms with van der Waals surface area (Å²) < 4.78 is 0. The Morgan fingerprint density at radius 2 is 2.47 bits per heavy atom. The van der Waals surface area contributed by atoms with Gasteiger partial charge in [-0.1, -0.05) is 0 Å². The number of carbonyl (C=O) groups is 1. The average Bonchev–Trinajstić information content (AvgIpc) is 2.61. The lowest BCUT2D eigenvalue weighted by Crippen LogP contribution is -2.24. The monoisotopic (exact) mass is 217 g/mol. The van der Waals surface area contributed by atoms with Crippen molar-refractivity contribution < 1.29 is 4.79 Å². The Bertz CT molecular complexity index is 528. The number of piperidine rings is 1. The van der Waals surface area contributed by atoms with E-state index in [-0.39, 0.29) is 11.2 Å². The molecule has 3 heteroatoms. The quantitative estimate of drug-likeness (QED) is 0.720. The lowest BCUT2D eigenvalue weighted by atomic mass is 9.84. The molecule has 2 fully saturated rings. The molecule has 1 aromatic heterocycles. The summed E-state index contributed by atoms with van der Waals surface area (Å²) in [6, 6.07) is 0. The first-order valence-electron chi connectivity index (χ1n) is 5.32. The zero-order valence-electron chi connectivity index (χ0n) is 8.46. The summed E-state index contributed by atoms with van der Waals surface area (Å²) in [5.74, 6) is 0.938. The number of thiophene rings is 1. The number of allylic oxidation sites excluding steroid dienone is 2. The van der Waals surface area contributed by atoms with E-state index in [0.29, 0.717) is 0 Å². The molecule has 4 rings (SSSR count). The van der Waals surface area contributed by atoms with Gasteiger partial charge in [0.25, 0.3) is 0 Å². The minimum absolute atomic E-state index is 0.198. The zero-order chi connectivity index (χ0) is 10.2. The van der Waals surface area contributed by atoms with Crippen molar-refractivity contribution in [3.8, 4) is 0 Å². The molecule has 0 aromatic carbocycles. The fourth-order valence-electron chi connectivity index (χ4n) is 3.29. The Hall–Kier alpha value is -1.09. The molecule has 0 radical (unpaired) electrons. The number of carbonyl (C=O) groups excluding carboxylic acids is 1. The number of hydrogen-bond acceptors (Lipinski definition) is 3. The summed E-state index contributed by atoms with van der Waals surface area (Å²) in [5, 5.41) is 5.51. The highest BCUT2D eigenvalue weighted by atomic mass is 32.1. The number of nitrogens with one attached hydrogen (secondary N) is 1. The lowest BCUT2D eigenvalue weighted by Gasteiger charge is -2.21. The third-order valence-corrected chi connectivity index (χ3v) is 5.16. The maximum absolute atomic E-state index is 11.9. The van der Waals surface area contributed by atoms with Crippen LogP contribution in [0, 0.1) is 12.8 Å². The Balaban J connectivity index is 2.07. The molecule has 1 aromatic rings. The van der Waals surface area contributed by atoms with Crippen molar-refractivity contribution in [3.05, 3.63) is 33.2 Å². The summed E-state index contributed by atoms with van der Waals surface area (Å²) in [5.41, 5.74) is 4.06. The van der Waals surface area contributed by atoms with Crippen molar-refractivity contribution in [1.29, 1.82) is 0 Å². The smallest absolute Gasteiger partial charge is 0.197 e. The Morgan fingerprint density at radius 1 is 1.60 bits per heavy atom. The molecule has 0 bridgehead atoms. The maximum atomic E-state index is 11.9. The van der Waals surface area contributed by atoms with Crippen molar-refractivity contribution in [2.45, 2.75) is 18.8 Å². The fourth-order valence-corrected chi connectivity index (χ4v) is 4.34. The van der Waals surface area contributed by atoms with E-state index in [0.717, 1.165) is 17.3 Å². The van der Waals surface area contributed by atoms with Gasteiger partial charge in [-0.25, -0.2) is 0 Å². The van der Waals surface area contributed by atoms with Gasteiger partial charge in [-0.2, -0.15) is 0 Å². The first-order valence-corrected chi connectivity index (χ1v) is 6.20. The molecule has 1 saturated carbocycles. The number of hydrogen-bond donors (Lipinski definition) is 1. The van der Waals surface area contributed by atoms with E-state index in [1.165, 1.54) is 23.2 Å². The van der Waals surface area contributed by atoms with Crippen LogP contribution in [-0.2, 0) is 5.41 Å². The molecule has 2 heterocycles. The molecule has 2 nitrogen and oxygen atoms in total. The topological polar surface area (TPSA) is 29.1 Å². The minimum Gasteiger partial charge on any atom is -0.387 e. The number of rotatable bonds is 0. The molecule has 1 N–H and O–H groups in total. The van der Waals surface area contributed by atoms with Gasteiger partial charge in [0.05, 0.1) is 4.88 Å². The third kappa shape index (κ3) is 0.729. The predicted octanol–water partition coefficient (Wildman–Crippen LogP) is 2.00. The molecule has 2 atom stereocenters. The molecule has 1 spiro atoms. The largest absolute Gasteiger partial charge is 0.387 e. The van der Waals surface area contributed by atoms with Crippen LogP contribution in [-0.4, -0.2) is 12.3 Å². The molecule has 76 valence electrons. The van der Waals surface area contributed by atoms with Crippen LogP contribution in [0.2, 0.25) is 0 Å². The van der Waals surface area contributed by atoms with E-state index in [4.69, 9.17) is 0 Å². The molecule has 1 saturated heterocycles. The third-order valence-electron chi connectivity index (χ3n) is 4.04. The zero-order valence-corrected chi connectivity index (χ0v) is 9.28. The lowest BCUT2D eigenvalue weighted by molar-refractivity contribution is 0.104. The second-order valence-electron chi connectivity index (χ2n) is 4.80. The highest BCUT2D eigenvalue weighted by Gasteiger charge is 2.64. The molecule has 2 aliphatic carbocycles. The fraction of sp³-hybridized carbons (Fsp3) is 0.417. The SMILES string of the molecule is Cc1csc2c1C13CC1CNC3=CC2=O. The first-order chi connectivity index (χ1) is 7.23. The van der Waals surface area contributed by atoms with Crippen LogP contribution in [0.15, 0.2) is 17.2 Å². The standard InChI is InChI=1S/C12H11NOS/c1-6-5-15-11-8(14)2-9-12(10(6)11)3-7(12)4-13-9/h2,5,7,13H,3-4H2,1H3. The van der Waals surface area contributed by atoms with Crippen LogP contribution in [0.5, 0.6) is 0 Å². The van der Waals surface area contributed by atoms with Crippen LogP contribution in [0.3, 0.4) is 0 Å². The van der Waals surface area contributed by atoms with Crippen LogP contribution in [0.1, 0.15) is 27.2 Å². The van der Waals surface area contributed by atoms with Crippen LogP contribution < -0.4 is 5.32 Å². The van der Waals surface area contributed by atoms with Gasteiger partial charge in [-0.3, -0.25) is 4.79 Å². The molecule has 3 aliphatic rings. The second-order valence-corrected chi connectivity index (χ2v) is 5.68. The summed E-state index contributed by atoms with van der Waals surface area (Å²) in [6.07, 6.45) is 3.06. The molecular weight excluding hydrogens is 206 g/mol. The van der Waals surface area contributed by atoms with Crippen molar-refractivity contribution in [2.75, 3.05) is 6.54 Å². The van der Waals surface area contributed by atoms with Crippen LogP contribution in [0.25, 0.3) is 0 Å². The van der Waals surface area contributed by atoms with Crippen LogP contribution >= 0.6 is 11.3 Å². The summed E-state index contributed by atoms with van der Waals surface area (Å²) in [4.78, 5) is 12.9.